The van der Waals surface area contributed by atoms with E-state index in [1.165, 1.54) is 0 Å². The molecule has 2 saturated heterocycles. The second-order valence-corrected chi connectivity index (χ2v) is 6.22. The fourth-order valence-corrected chi connectivity index (χ4v) is 3.47. The van der Waals surface area contributed by atoms with Crippen LogP contribution in [0.25, 0.3) is 0 Å². The largest absolute Gasteiger partial charge is 0.505 e. The van der Waals surface area contributed by atoms with E-state index < -0.39 is 66.3 Å². The maximum atomic E-state index is 10.5. The van der Waals surface area contributed by atoms with Crippen LogP contribution in [0.1, 0.15) is 0 Å². The van der Waals surface area contributed by atoms with Gasteiger partial charge in [-0.15, -0.1) is 0 Å². The molecule has 3 aliphatic heterocycles. The average Bonchev–Trinajstić information content (AvgIpc) is 3.03. The normalized spacial score (nSPS) is 39.0. The summed E-state index contributed by atoms with van der Waals surface area (Å²) in [4.78, 5) is 1.64. The molecule has 6 atom stereocenters. The summed E-state index contributed by atoms with van der Waals surface area (Å²) in [5, 5.41) is 68.2. The Morgan fingerprint density at radius 3 is 2.40 bits per heavy atom. The number of aliphatic hydroxyl groups is 7. The van der Waals surface area contributed by atoms with Crippen molar-refractivity contribution in [2.45, 2.75) is 36.5 Å². The van der Waals surface area contributed by atoms with Crippen LogP contribution in [0, 0.1) is 0 Å². The summed E-state index contributed by atoms with van der Waals surface area (Å²) in [5.74, 6) is -3.04. The maximum Gasteiger partial charge on any atom is 0.328 e. The highest BCUT2D eigenvalue weighted by molar-refractivity contribution is 5.29. The van der Waals surface area contributed by atoms with Crippen LogP contribution in [-0.2, 0) is 9.47 Å². The first kappa shape index (κ1) is 17.8. The van der Waals surface area contributed by atoms with Gasteiger partial charge < -0.3 is 45.2 Å². The minimum absolute atomic E-state index is 0.0908. The third kappa shape index (κ3) is 2.62. The van der Waals surface area contributed by atoms with Crippen molar-refractivity contribution in [1.82, 2.24) is 4.90 Å². The lowest BCUT2D eigenvalue weighted by molar-refractivity contribution is -0.0914. The lowest BCUT2D eigenvalue weighted by atomic mass is 10.00. The van der Waals surface area contributed by atoms with Gasteiger partial charge in [0.2, 0.25) is 11.5 Å². The molecule has 0 amide bonds. The van der Waals surface area contributed by atoms with Crippen LogP contribution in [0.2, 0.25) is 0 Å². The van der Waals surface area contributed by atoms with E-state index in [1.807, 2.05) is 0 Å². The zero-order valence-electron chi connectivity index (χ0n) is 13.2. The van der Waals surface area contributed by atoms with Gasteiger partial charge in [-0.2, -0.15) is 0 Å². The predicted octanol–water partition coefficient (Wildman–Crippen LogP) is -1.85. The Bertz CT molecular complexity index is 630. The van der Waals surface area contributed by atoms with E-state index in [9.17, 15) is 30.6 Å². The molecule has 3 heterocycles. The first-order valence-electron chi connectivity index (χ1n) is 7.73. The molecule has 25 heavy (non-hydrogen) atoms. The van der Waals surface area contributed by atoms with E-state index in [-0.39, 0.29) is 13.2 Å². The highest BCUT2D eigenvalue weighted by Crippen LogP contribution is 2.38. The van der Waals surface area contributed by atoms with Gasteiger partial charge in [-0.3, -0.25) is 4.90 Å². The standard InChI is InChI=1S/C15H21NO9/c1-5-9-11(20)7(2-16(9)6(3-17)10(5)19)24-15-14(23)13(22)12(21)8(4-18)25-15/h6-11,17-23H,1-4H2/t6-,7-,8?,9?,10-,11-/m0/s1. The molecule has 3 rings (SSSR count). The molecule has 3 aliphatic rings. The van der Waals surface area contributed by atoms with Crippen LogP contribution in [0.3, 0.4) is 0 Å². The third-order valence-electron chi connectivity index (χ3n) is 4.83. The van der Waals surface area contributed by atoms with Gasteiger partial charge in [-0.05, 0) is 5.57 Å². The van der Waals surface area contributed by atoms with Crippen LogP contribution in [-0.4, -0.2) is 96.9 Å². The molecule has 0 aromatic carbocycles. The summed E-state index contributed by atoms with van der Waals surface area (Å²) >= 11 is 0. The number of ether oxygens (including phenoxy) is 2. The predicted molar refractivity (Wildman–Crippen MR) is 81.3 cm³/mol. The Balaban J connectivity index is 1.80. The Morgan fingerprint density at radius 1 is 1.12 bits per heavy atom. The molecule has 0 aliphatic carbocycles. The zero-order chi connectivity index (χ0) is 18.5. The lowest BCUT2D eigenvalue weighted by Gasteiger charge is -2.28. The summed E-state index contributed by atoms with van der Waals surface area (Å²) < 4.78 is 10.5. The highest BCUT2D eigenvalue weighted by atomic mass is 16.7. The van der Waals surface area contributed by atoms with E-state index in [1.54, 1.807) is 4.90 Å². The minimum atomic E-state index is -1.31. The van der Waals surface area contributed by atoms with Gasteiger partial charge in [0.25, 0.3) is 0 Å². The van der Waals surface area contributed by atoms with Crippen molar-refractivity contribution in [3.05, 3.63) is 35.4 Å². The molecule has 0 spiro atoms. The first-order valence-corrected chi connectivity index (χ1v) is 7.73. The molecule has 2 unspecified atom stereocenters. The van der Waals surface area contributed by atoms with Crippen molar-refractivity contribution >= 4 is 0 Å². The SMILES string of the molecule is C=C1C2[C@@H](O)[C@@H](OC3=C(O)C(O)=C(O)C(CO)O3)CN2[C@@H](CO)[C@H]1O. The molecule has 0 aromatic rings. The van der Waals surface area contributed by atoms with Crippen molar-refractivity contribution < 1.29 is 45.2 Å². The summed E-state index contributed by atoms with van der Waals surface area (Å²) in [6.07, 6.45) is -4.36. The quantitative estimate of drug-likeness (QED) is 0.284. The van der Waals surface area contributed by atoms with E-state index in [0.717, 1.165) is 0 Å². The maximum absolute atomic E-state index is 10.5. The second-order valence-electron chi connectivity index (χ2n) is 6.22. The van der Waals surface area contributed by atoms with Gasteiger partial charge >= 0.3 is 5.95 Å². The first-order chi connectivity index (χ1) is 11.8. The average molecular weight is 359 g/mol. The molecule has 140 valence electrons. The molecule has 0 aromatic heterocycles. The molecule has 10 nitrogen and oxygen atoms in total. The van der Waals surface area contributed by atoms with Gasteiger partial charge in [0, 0.05) is 6.54 Å². The molecular weight excluding hydrogens is 338 g/mol. The number of hydrogen-bond donors (Lipinski definition) is 7. The van der Waals surface area contributed by atoms with Crippen molar-refractivity contribution in [3.63, 3.8) is 0 Å². The Labute approximate surface area is 142 Å². The summed E-state index contributed by atoms with van der Waals surface area (Å²) in [6, 6.07) is -1.28. The topological polar surface area (TPSA) is 163 Å². The molecule has 0 radical (unpaired) electrons. The smallest absolute Gasteiger partial charge is 0.328 e. The van der Waals surface area contributed by atoms with Gasteiger partial charge in [0.05, 0.1) is 31.4 Å². The van der Waals surface area contributed by atoms with Crippen LogP contribution in [0.15, 0.2) is 35.4 Å². The van der Waals surface area contributed by atoms with Crippen molar-refractivity contribution in [2.24, 2.45) is 0 Å². The summed E-state index contributed by atoms with van der Waals surface area (Å²) in [5.41, 5.74) is 0.342. The summed E-state index contributed by atoms with van der Waals surface area (Å²) in [6.45, 7) is 2.82. The van der Waals surface area contributed by atoms with Crippen molar-refractivity contribution in [2.75, 3.05) is 19.8 Å². The van der Waals surface area contributed by atoms with Gasteiger partial charge in [-0.1, -0.05) is 6.58 Å². The highest BCUT2D eigenvalue weighted by Gasteiger charge is 2.54. The molecule has 0 saturated carbocycles. The van der Waals surface area contributed by atoms with Gasteiger partial charge in [-0.25, -0.2) is 0 Å². The number of hydrogen-bond acceptors (Lipinski definition) is 10. The van der Waals surface area contributed by atoms with E-state index in [4.69, 9.17) is 14.6 Å². The van der Waals surface area contributed by atoms with E-state index in [2.05, 4.69) is 6.58 Å². The van der Waals surface area contributed by atoms with Gasteiger partial charge in [0.1, 0.15) is 12.2 Å². The number of nitrogens with zero attached hydrogens (tertiary/aromatic N) is 1. The van der Waals surface area contributed by atoms with Gasteiger partial charge in [0.15, 0.2) is 11.9 Å². The lowest BCUT2D eigenvalue weighted by Crippen LogP contribution is -2.40. The van der Waals surface area contributed by atoms with Crippen LogP contribution >= 0.6 is 0 Å². The molecule has 10 heteroatoms. The Hall–Kier alpha value is -1.98. The van der Waals surface area contributed by atoms with Crippen LogP contribution in [0.5, 0.6) is 0 Å². The van der Waals surface area contributed by atoms with Crippen molar-refractivity contribution in [1.29, 1.82) is 0 Å². The zero-order valence-corrected chi connectivity index (χ0v) is 13.2. The Kier molecular flexibility index (Phi) is 4.56. The monoisotopic (exact) mass is 359 g/mol. The molecule has 0 bridgehead atoms. The van der Waals surface area contributed by atoms with E-state index >= 15 is 0 Å². The number of fused-ring (bicyclic) bond motifs is 1. The molecule has 2 fully saturated rings. The fraction of sp³-hybridized carbons (Fsp3) is 0.600. The number of aliphatic hydroxyl groups excluding tert-OH is 7. The second kappa shape index (κ2) is 6.39. The molecule has 7 N–H and O–H groups in total. The summed E-state index contributed by atoms with van der Waals surface area (Å²) in [7, 11) is 0. The fourth-order valence-electron chi connectivity index (χ4n) is 3.47. The van der Waals surface area contributed by atoms with Crippen LogP contribution in [0.4, 0.5) is 0 Å². The van der Waals surface area contributed by atoms with E-state index in [0.29, 0.717) is 5.57 Å². The minimum Gasteiger partial charge on any atom is -0.505 e. The van der Waals surface area contributed by atoms with Crippen LogP contribution < -0.4 is 0 Å². The number of rotatable bonds is 4. The molecular formula is C15H21NO9. The van der Waals surface area contributed by atoms with Crippen molar-refractivity contribution in [3.8, 4) is 0 Å². The third-order valence-corrected chi connectivity index (χ3v) is 4.83. The Morgan fingerprint density at radius 2 is 1.80 bits per heavy atom.